The number of methoxy groups -OCH3 is 1. The molecule has 0 atom stereocenters. The predicted molar refractivity (Wildman–Crippen MR) is 77.4 cm³/mol. The van der Waals surface area contributed by atoms with E-state index in [2.05, 4.69) is 14.7 Å². The standard InChI is InChI=1S/C16H12N2O3/c1-20-16(19)11-6-8-12(9-7-11)21-15-10-17-13-4-2-3-5-14(13)18-15/h2-10H,1H3. The average Bonchev–Trinajstić information content (AvgIpc) is 2.55. The highest BCUT2D eigenvalue weighted by Gasteiger charge is 2.06. The molecule has 0 aliphatic carbocycles. The number of ether oxygens (including phenoxy) is 2. The largest absolute Gasteiger partial charge is 0.465 e. The van der Waals surface area contributed by atoms with Crippen LogP contribution in [0, 0.1) is 0 Å². The van der Waals surface area contributed by atoms with Gasteiger partial charge in [-0.3, -0.25) is 0 Å². The van der Waals surface area contributed by atoms with Crippen molar-refractivity contribution in [2.45, 2.75) is 0 Å². The quantitative estimate of drug-likeness (QED) is 0.689. The van der Waals surface area contributed by atoms with Gasteiger partial charge in [0.25, 0.3) is 0 Å². The van der Waals surface area contributed by atoms with Crippen molar-refractivity contribution in [2.75, 3.05) is 7.11 Å². The van der Waals surface area contributed by atoms with Gasteiger partial charge in [-0.05, 0) is 36.4 Å². The number of hydrogen-bond donors (Lipinski definition) is 0. The molecule has 1 aromatic heterocycles. The summed E-state index contributed by atoms with van der Waals surface area (Å²) in [5, 5.41) is 0. The zero-order valence-corrected chi connectivity index (χ0v) is 11.3. The van der Waals surface area contributed by atoms with Gasteiger partial charge in [-0.15, -0.1) is 0 Å². The molecule has 0 bridgehead atoms. The number of aromatic nitrogens is 2. The highest BCUT2D eigenvalue weighted by molar-refractivity contribution is 5.89. The van der Waals surface area contributed by atoms with Gasteiger partial charge >= 0.3 is 5.97 Å². The van der Waals surface area contributed by atoms with Crippen molar-refractivity contribution >= 4 is 17.0 Å². The van der Waals surface area contributed by atoms with Crippen molar-refractivity contribution in [3.63, 3.8) is 0 Å². The van der Waals surface area contributed by atoms with E-state index >= 15 is 0 Å². The first-order chi connectivity index (χ1) is 10.3. The number of para-hydroxylation sites is 2. The summed E-state index contributed by atoms with van der Waals surface area (Å²) in [7, 11) is 1.34. The lowest BCUT2D eigenvalue weighted by Crippen LogP contribution is -2.00. The van der Waals surface area contributed by atoms with E-state index in [1.165, 1.54) is 7.11 Å². The number of hydrogen-bond acceptors (Lipinski definition) is 5. The molecule has 2 aromatic carbocycles. The minimum atomic E-state index is -0.382. The van der Waals surface area contributed by atoms with Crippen LogP contribution in [0.5, 0.6) is 11.6 Å². The van der Waals surface area contributed by atoms with Gasteiger partial charge in [-0.25, -0.2) is 14.8 Å². The second kappa shape index (κ2) is 5.58. The van der Waals surface area contributed by atoms with E-state index in [9.17, 15) is 4.79 Å². The van der Waals surface area contributed by atoms with Crippen LogP contribution in [0.1, 0.15) is 10.4 Å². The lowest BCUT2D eigenvalue weighted by molar-refractivity contribution is 0.0600. The van der Waals surface area contributed by atoms with E-state index in [-0.39, 0.29) is 5.97 Å². The van der Waals surface area contributed by atoms with E-state index < -0.39 is 0 Å². The third-order valence-electron chi connectivity index (χ3n) is 2.92. The first-order valence-electron chi connectivity index (χ1n) is 6.34. The summed E-state index contributed by atoms with van der Waals surface area (Å²) in [6, 6.07) is 14.2. The van der Waals surface area contributed by atoms with Crippen molar-refractivity contribution in [3.05, 3.63) is 60.3 Å². The number of benzene rings is 2. The topological polar surface area (TPSA) is 61.3 Å². The minimum absolute atomic E-state index is 0.382. The molecule has 5 heteroatoms. The van der Waals surface area contributed by atoms with Crippen LogP contribution in [0.3, 0.4) is 0 Å². The highest BCUT2D eigenvalue weighted by Crippen LogP contribution is 2.21. The Morgan fingerprint density at radius 2 is 1.71 bits per heavy atom. The number of fused-ring (bicyclic) bond motifs is 1. The van der Waals surface area contributed by atoms with Crippen molar-refractivity contribution in [3.8, 4) is 11.6 Å². The van der Waals surface area contributed by atoms with Crippen LogP contribution >= 0.6 is 0 Å². The van der Waals surface area contributed by atoms with Crippen molar-refractivity contribution in [2.24, 2.45) is 0 Å². The molecule has 0 spiro atoms. The molecule has 0 amide bonds. The lowest BCUT2D eigenvalue weighted by atomic mass is 10.2. The van der Waals surface area contributed by atoms with Crippen LogP contribution in [-0.2, 0) is 4.74 Å². The zero-order chi connectivity index (χ0) is 14.7. The summed E-state index contributed by atoms with van der Waals surface area (Å²) < 4.78 is 10.3. The monoisotopic (exact) mass is 280 g/mol. The van der Waals surface area contributed by atoms with Crippen LogP contribution in [0.2, 0.25) is 0 Å². The van der Waals surface area contributed by atoms with Gasteiger partial charge in [0.2, 0.25) is 5.88 Å². The third-order valence-corrected chi connectivity index (χ3v) is 2.92. The normalized spacial score (nSPS) is 10.3. The summed E-state index contributed by atoms with van der Waals surface area (Å²) in [5.74, 6) is 0.596. The molecule has 3 rings (SSSR count). The summed E-state index contributed by atoms with van der Waals surface area (Å²) in [6.45, 7) is 0. The second-order valence-corrected chi connectivity index (χ2v) is 4.31. The Balaban J connectivity index is 1.83. The fourth-order valence-electron chi connectivity index (χ4n) is 1.89. The number of nitrogens with zero attached hydrogens (tertiary/aromatic N) is 2. The molecular weight excluding hydrogens is 268 g/mol. The van der Waals surface area contributed by atoms with Crippen molar-refractivity contribution < 1.29 is 14.3 Å². The molecular formula is C16H12N2O3. The van der Waals surface area contributed by atoms with Crippen LogP contribution in [0.4, 0.5) is 0 Å². The molecule has 3 aromatic rings. The summed E-state index contributed by atoms with van der Waals surface area (Å²) in [5.41, 5.74) is 2.04. The maximum atomic E-state index is 11.3. The Bertz CT molecular complexity index is 785. The maximum absolute atomic E-state index is 11.3. The number of rotatable bonds is 3. The van der Waals surface area contributed by atoms with E-state index in [1.54, 1.807) is 30.5 Å². The zero-order valence-electron chi connectivity index (χ0n) is 11.3. The third kappa shape index (κ3) is 2.81. The van der Waals surface area contributed by atoms with Crippen molar-refractivity contribution in [1.82, 2.24) is 9.97 Å². The first kappa shape index (κ1) is 13.1. The molecule has 0 aliphatic rings. The van der Waals surface area contributed by atoms with E-state index in [0.29, 0.717) is 17.2 Å². The highest BCUT2D eigenvalue weighted by atomic mass is 16.5. The fourth-order valence-corrected chi connectivity index (χ4v) is 1.89. The molecule has 1 heterocycles. The van der Waals surface area contributed by atoms with E-state index in [4.69, 9.17) is 4.74 Å². The van der Waals surface area contributed by atoms with Gasteiger partial charge in [0, 0.05) is 0 Å². The van der Waals surface area contributed by atoms with Crippen LogP contribution in [0.25, 0.3) is 11.0 Å². The number of esters is 1. The fraction of sp³-hybridized carbons (Fsp3) is 0.0625. The Morgan fingerprint density at radius 1 is 1.00 bits per heavy atom. The van der Waals surface area contributed by atoms with Gasteiger partial charge in [0.15, 0.2) is 0 Å². The first-order valence-corrected chi connectivity index (χ1v) is 6.34. The van der Waals surface area contributed by atoms with Gasteiger partial charge < -0.3 is 9.47 Å². The van der Waals surface area contributed by atoms with Gasteiger partial charge in [-0.2, -0.15) is 0 Å². The van der Waals surface area contributed by atoms with Gasteiger partial charge in [0.1, 0.15) is 5.75 Å². The van der Waals surface area contributed by atoms with E-state index in [0.717, 1.165) is 11.0 Å². The van der Waals surface area contributed by atoms with Crippen LogP contribution < -0.4 is 4.74 Å². The molecule has 0 aliphatic heterocycles. The minimum Gasteiger partial charge on any atom is -0.465 e. The lowest BCUT2D eigenvalue weighted by Gasteiger charge is -2.06. The number of carbonyl (C=O) groups excluding carboxylic acids is 1. The molecule has 0 saturated carbocycles. The molecule has 0 fully saturated rings. The summed E-state index contributed by atoms with van der Waals surface area (Å²) in [4.78, 5) is 20.0. The Hall–Kier alpha value is -2.95. The molecule has 0 saturated heterocycles. The number of carbonyl (C=O) groups is 1. The van der Waals surface area contributed by atoms with Crippen LogP contribution in [0.15, 0.2) is 54.7 Å². The Kier molecular flexibility index (Phi) is 3.47. The maximum Gasteiger partial charge on any atom is 0.337 e. The van der Waals surface area contributed by atoms with Gasteiger partial charge in [0.05, 0.1) is 29.9 Å². The molecule has 0 radical (unpaired) electrons. The van der Waals surface area contributed by atoms with Gasteiger partial charge in [-0.1, -0.05) is 12.1 Å². The molecule has 0 N–H and O–H groups in total. The Morgan fingerprint density at radius 3 is 2.43 bits per heavy atom. The molecule has 5 nitrogen and oxygen atoms in total. The molecule has 0 unspecified atom stereocenters. The summed E-state index contributed by atoms with van der Waals surface area (Å²) >= 11 is 0. The van der Waals surface area contributed by atoms with E-state index in [1.807, 2.05) is 24.3 Å². The van der Waals surface area contributed by atoms with Crippen LogP contribution in [-0.4, -0.2) is 23.0 Å². The second-order valence-electron chi connectivity index (χ2n) is 4.31. The smallest absolute Gasteiger partial charge is 0.337 e. The Labute approximate surface area is 121 Å². The SMILES string of the molecule is COC(=O)c1ccc(Oc2cnc3ccccc3n2)cc1. The molecule has 21 heavy (non-hydrogen) atoms. The summed E-state index contributed by atoms with van der Waals surface area (Å²) in [6.07, 6.45) is 1.57. The van der Waals surface area contributed by atoms with Crippen molar-refractivity contribution in [1.29, 1.82) is 0 Å². The predicted octanol–water partition coefficient (Wildman–Crippen LogP) is 3.21. The average molecular weight is 280 g/mol. The molecule has 104 valence electrons.